The SMILES string of the molecule is Cn1c(=O)n(C2CCC(=O)NC2=O)c2ccc(CN3CCN(C(=O)C(F)(F)F)CC3)cc21. The van der Waals surface area contributed by atoms with E-state index in [2.05, 4.69) is 5.32 Å². The lowest BCUT2D eigenvalue weighted by molar-refractivity contribution is -0.187. The smallest absolute Gasteiger partial charge is 0.332 e. The van der Waals surface area contributed by atoms with Gasteiger partial charge in [0.25, 0.3) is 0 Å². The zero-order chi connectivity index (χ0) is 23.2. The first-order valence-electron chi connectivity index (χ1n) is 10.2. The van der Waals surface area contributed by atoms with E-state index >= 15 is 0 Å². The highest BCUT2D eigenvalue weighted by Crippen LogP contribution is 2.25. The van der Waals surface area contributed by atoms with E-state index in [1.807, 2.05) is 11.0 Å². The molecule has 2 fully saturated rings. The van der Waals surface area contributed by atoms with E-state index in [1.54, 1.807) is 19.2 Å². The summed E-state index contributed by atoms with van der Waals surface area (Å²) in [7, 11) is 1.60. The number of halogens is 3. The van der Waals surface area contributed by atoms with Crippen LogP contribution >= 0.6 is 0 Å². The maximum absolute atomic E-state index is 12.8. The fraction of sp³-hybridized carbons (Fsp3) is 0.500. The molecule has 2 saturated heterocycles. The number of piperidine rings is 1. The molecule has 0 bridgehead atoms. The van der Waals surface area contributed by atoms with Gasteiger partial charge in [-0.3, -0.25) is 33.7 Å². The number of imidazole rings is 1. The van der Waals surface area contributed by atoms with Crippen molar-refractivity contribution in [1.82, 2.24) is 24.3 Å². The van der Waals surface area contributed by atoms with Crippen LogP contribution < -0.4 is 11.0 Å². The molecular formula is C20H22F3N5O4. The average molecular weight is 453 g/mol. The molecule has 0 saturated carbocycles. The summed E-state index contributed by atoms with van der Waals surface area (Å²) < 4.78 is 40.6. The molecular weight excluding hydrogens is 431 g/mol. The molecule has 9 nitrogen and oxygen atoms in total. The van der Waals surface area contributed by atoms with E-state index in [4.69, 9.17) is 0 Å². The van der Waals surface area contributed by atoms with Crippen molar-refractivity contribution in [1.29, 1.82) is 0 Å². The van der Waals surface area contributed by atoms with Crippen LogP contribution in [0.3, 0.4) is 0 Å². The molecule has 1 N–H and O–H groups in total. The second-order valence-electron chi connectivity index (χ2n) is 8.07. The number of aryl methyl sites for hydroxylation is 1. The molecule has 1 aromatic carbocycles. The fourth-order valence-corrected chi connectivity index (χ4v) is 4.28. The highest BCUT2D eigenvalue weighted by molar-refractivity contribution is 6.00. The molecule has 172 valence electrons. The predicted molar refractivity (Wildman–Crippen MR) is 107 cm³/mol. The number of hydrogen-bond acceptors (Lipinski definition) is 5. The number of carbonyl (C=O) groups excluding carboxylic acids is 3. The van der Waals surface area contributed by atoms with Crippen LogP contribution in [0.15, 0.2) is 23.0 Å². The molecule has 3 heterocycles. The Bertz CT molecular complexity index is 1140. The number of piperazine rings is 1. The van der Waals surface area contributed by atoms with Gasteiger partial charge in [0.1, 0.15) is 6.04 Å². The zero-order valence-electron chi connectivity index (χ0n) is 17.3. The molecule has 0 aliphatic carbocycles. The van der Waals surface area contributed by atoms with Crippen LogP contribution in [-0.4, -0.2) is 69.0 Å². The van der Waals surface area contributed by atoms with Crippen LogP contribution in [-0.2, 0) is 28.0 Å². The molecule has 0 spiro atoms. The lowest BCUT2D eigenvalue weighted by atomic mass is 10.1. The molecule has 32 heavy (non-hydrogen) atoms. The van der Waals surface area contributed by atoms with Crippen molar-refractivity contribution in [2.24, 2.45) is 7.05 Å². The van der Waals surface area contributed by atoms with Gasteiger partial charge in [-0.15, -0.1) is 0 Å². The van der Waals surface area contributed by atoms with Crippen molar-refractivity contribution in [3.8, 4) is 0 Å². The second-order valence-corrected chi connectivity index (χ2v) is 8.07. The van der Waals surface area contributed by atoms with Crippen molar-refractivity contribution in [2.75, 3.05) is 26.2 Å². The van der Waals surface area contributed by atoms with Gasteiger partial charge in [0, 0.05) is 46.2 Å². The predicted octanol–water partition coefficient (Wildman–Crippen LogP) is 0.524. The maximum atomic E-state index is 12.8. The third-order valence-electron chi connectivity index (χ3n) is 5.98. The Balaban J connectivity index is 1.51. The Kier molecular flexibility index (Phi) is 5.57. The van der Waals surface area contributed by atoms with Gasteiger partial charge in [-0.25, -0.2) is 4.79 Å². The highest BCUT2D eigenvalue weighted by Gasteiger charge is 2.43. The first kappa shape index (κ1) is 22.1. The Morgan fingerprint density at radius 1 is 1.09 bits per heavy atom. The first-order chi connectivity index (χ1) is 15.1. The van der Waals surface area contributed by atoms with Gasteiger partial charge >= 0.3 is 17.8 Å². The molecule has 0 radical (unpaired) electrons. The monoisotopic (exact) mass is 453 g/mol. The van der Waals surface area contributed by atoms with E-state index < -0.39 is 24.0 Å². The molecule has 2 aromatic rings. The van der Waals surface area contributed by atoms with E-state index in [0.717, 1.165) is 10.5 Å². The number of carbonyl (C=O) groups is 3. The van der Waals surface area contributed by atoms with E-state index in [-0.39, 0.29) is 37.5 Å². The van der Waals surface area contributed by atoms with Crippen LogP contribution in [0.2, 0.25) is 0 Å². The van der Waals surface area contributed by atoms with E-state index in [1.165, 1.54) is 9.13 Å². The molecule has 2 aliphatic heterocycles. The summed E-state index contributed by atoms with van der Waals surface area (Å²) in [4.78, 5) is 50.7. The summed E-state index contributed by atoms with van der Waals surface area (Å²) in [6.07, 6.45) is -4.47. The first-order valence-corrected chi connectivity index (χ1v) is 10.2. The summed E-state index contributed by atoms with van der Waals surface area (Å²) in [5.41, 5.74) is 1.66. The number of fused-ring (bicyclic) bond motifs is 1. The third kappa shape index (κ3) is 4.01. The molecule has 1 unspecified atom stereocenters. The lowest BCUT2D eigenvalue weighted by Crippen LogP contribution is -2.52. The minimum absolute atomic E-state index is 0.00897. The number of nitrogens with zero attached hydrogens (tertiary/aromatic N) is 4. The van der Waals surface area contributed by atoms with Crippen molar-refractivity contribution >= 4 is 28.8 Å². The minimum Gasteiger partial charge on any atom is -0.332 e. The Hall–Kier alpha value is -3.15. The topological polar surface area (TPSA) is 96.6 Å². The van der Waals surface area contributed by atoms with Gasteiger partial charge in [0.15, 0.2) is 0 Å². The van der Waals surface area contributed by atoms with Crippen molar-refractivity contribution in [2.45, 2.75) is 31.6 Å². The van der Waals surface area contributed by atoms with Crippen LogP contribution in [0.4, 0.5) is 13.2 Å². The fourth-order valence-electron chi connectivity index (χ4n) is 4.28. The molecule has 12 heteroatoms. The molecule has 2 aliphatic rings. The molecule has 4 rings (SSSR count). The molecule has 1 atom stereocenters. The lowest BCUT2D eigenvalue weighted by Gasteiger charge is -2.35. The largest absolute Gasteiger partial charge is 0.471 e. The maximum Gasteiger partial charge on any atom is 0.471 e. The van der Waals surface area contributed by atoms with Gasteiger partial charge in [-0.2, -0.15) is 13.2 Å². The number of alkyl halides is 3. The van der Waals surface area contributed by atoms with Crippen LogP contribution in [0.25, 0.3) is 11.0 Å². The summed E-state index contributed by atoms with van der Waals surface area (Å²) in [6.45, 7) is 1.03. The standard InChI is InChI=1S/C20H22F3N5O4/c1-25-15-10-12(11-26-6-8-27(9-7-26)18(31)20(21,22)23)2-3-13(15)28(19(25)32)14-4-5-16(29)24-17(14)30/h2-3,10,14H,4-9,11H2,1H3,(H,24,29,30). The number of nitrogens with one attached hydrogen (secondary N) is 1. The number of amides is 3. The number of benzene rings is 1. The van der Waals surface area contributed by atoms with Crippen molar-refractivity contribution < 1.29 is 27.6 Å². The quantitative estimate of drug-likeness (QED) is 0.684. The Labute approximate surface area is 180 Å². The Morgan fingerprint density at radius 3 is 2.41 bits per heavy atom. The van der Waals surface area contributed by atoms with E-state index in [0.29, 0.717) is 30.7 Å². The summed E-state index contributed by atoms with van der Waals surface area (Å²) in [6, 6.07) is 4.58. The third-order valence-corrected chi connectivity index (χ3v) is 5.98. The number of imide groups is 1. The number of aromatic nitrogens is 2. The molecule has 3 amide bonds. The second kappa shape index (κ2) is 8.08. The highest BCUT2D eigenvalue weighted by atomic mass is 19.4. The van der Waals surface area contributed by atoms with E-state index in [9.17, 15) is 32.3 Å². The zero-order valence-corrected chi connectivity index (χ0v) is 17.3. The van der Waals surface area contributed by atoms with Crippen LogP contribution in [0, 0.1) is 0 Å². The van der Waals surface area contributed by atoms with Crippen molar-refractivity contribution in [3.05, 3.63) is 34.2 Å². The van der Waals surface area contributed by atoms with Gasteiger partial charge in [-0.1, -0.05) is 6.07 Å². The summed E-state index contributed by atoms with van der Waals surface area (Å²) in [5.74, 6) is -2.69. The van der Waals surface area contributed by atoms with Gasteiger partial charge in [-0.05, 0) is 24.1 Å². The normalized spacial score (nSPS) is 20.6. The van der Waals surface area contributed by atoms with Crippen LogP contribution in [0.1, 0.15) is 24.4 Å². The summed E-state index contributed by atoms with van der Waals surface area (Å²) >= 11 is 0. The number of rotatable bonds is 3. The van der Waals surface area contributed by atoms with Gasteiger partial charge in [0.2, 0.25) is 11.8 Å². The van der Waals surface area contributed by atoms with Crippen molar-refractivity contribution in [3.63, 3.8) is 0 Å². The number of hydrogen-bond donors (Lipinski definition) is 1. The summed E-state index contributed by atoms with van der Waals surface area (Å²) in [5, 5.41) is 2.26. The van der Waals surface area contributed by atoms with Gasteiger partial charge in [0.05, 0.1) is 11.0 Å². The molecule has 1 aromatic heterocycles. The average Bonchev–Trinajstić information content (AvgIpc) is 2.98. The van der Waals surface area contributed by atoms with Crippen LogP contribution in [0.5, 0.6) is 0 Å². The minimum atomic E-state index is -4.87. The Morgan fingerprint density at radius 2 is 1.78 bits per heavy atom. The van der Waals surface area contributed by atoms with Gasteiger partial charge < -0.3 is 4.90 Å².